The normalized spacial score (nSPS) is 11.2. The Kier molecular flexibility index (Phi) is 3.74. The van der Waals surface area contributed by atoms with Crippen LogP contribution >= 0.6 is 0 Å². The molecule has 3 N–H and O–H groups in total. The number of hydrogen-bond donors (Lipinski definition) is 2. The van der Waals surface area contributed by atoms with Gasteiger partial charge in [-0.05, 0) is 48.9 Å². The van der Waals surface area contributed by atoms with Crippen LogP contribution in [0.25, 0.3) is 0 Å². The second-order valence-corrected chi connectivity index (χ2v) is 4.22. The predicted molar refractivity (Wildman–Crippen MR) is 72.0 cm³/mol. The number of halogens is 3. The van der Waals surface area contributed by atoms with Crippen molar-refractivity contribution in [3.8, 4) is 5.75 Å². The Labute approximate surface area is 114 Å². The molecule has 0 atom stereocenters. The fourth-order valence-corrected chi connectivity index (χ4v) is 1.68. The molecule has 0 radical (unpaired) electrons. The number of hydrogen-bond acceptors (Lipinski definition) is 3. The van der Waals surface area contributed by atoms with Crippen molar-refractivity contribution in [3.63, 3.8) is 0 Å². The monoisotopic (exact) mass is 282 g/mol. The molecule has 3 nitrogen and oxygen atoms in total. The Balaban J connectivity index is 2.13. The summed E-state index contributed by atoms with van der Waals surface area (Å²) in [6, 6.07) is 10.9. The topological polar surface area (TPSA) is 47.3 Å². The van der Waals surface area contributed by atoms with Gasteiger partial charge in [-0.3, -0.25) is 0 Å². The van der Waals surface area contributed by atoms with Gasteiger partial charge in [-0.25, -0.2) is 0 Å². The number of benzene rings is 2. The predicted octanol–water partition coefficient (Wildman–Crippen LogP) is 4.22. The molecular weight excluding hydrogens is 269 g/mol. The molecule has 0 fully saturated rings. The van der Waals surface area contributed by atoms with Gasteiger partial charge < -0.3 is 15.8 Å². The van der Waals surface area contributed by atoms with Crippen LogP contribution in [0.3, 0.4) is 0 Å². The molecule has 2 rings (SSSR count). The van der Waals surface area contributed by atoms with Gasteiger partial charge in [0, 0.05) is 17.1 Å². The molecule has 0 heterocycles. The molecule has 0 aliphatic heterocycles. The van der Waals surface area contributed by atoms with E-state index in [1.807, 2.05) is 13.0 Å². The van der Waals surface area contributed by atoms with E-state index in [1.165, 1.54) is 24.3 Å². The highest BCUT2D eigenvalue weighted by atomic mass is 19.4. The number of nitrogens with one attached hydrogen (secondary N) is 1. The molecule has 0 unspecified atom stereocenters. The number of ether oxygens (including phenoxy) is 1. The molecule has 0 bridgehead atoms. The number of nitrogen functional groups attached to an aromatic ring is 1. The molecule has 0 saturated heterocycles. The third-order valence-corrected chi connectivity index (χ3v) is 2.74. The molecule has 6 heteroatoms. The van der Waals surface area contributed by atoms with Crippen LogP contribution < -0.4 is 15.8 Å². The SMILES string of the molecule is Cc1c(N)cccc1Nc1ccc(OC(F)(F)F)cc1. The summed E-state index contributed by atoms with van der Waals surface area (Å²) in [6.45, 7) is 1.86. The molecular formula is C14H13F3N2O. The molecule has 0 aliphatic carbocycles. The first kappa shape index (κ1) is 14.0. The molecule has 0 spiro atoms. The Morgan fingerprint density at radius 3 is 2.30 bits per heavy atom. The van der Waals surface area contributed by atoms with E-state index in [1.54, 1.807) is 12.1 Å². The van der Waals surface area contributed by atoms with Gasteiger partial charge in [0.2, 0.25) is 0 Å². The molecule has 0 aliphatic rings. The molecule has 0 aromatic heterocycles. The molecule has 106 valence electrons. The van der Waals surface area contributed by atoms with Crippen LogP contribution in [0.1, 0.15) is 5.56 Å². The lowest BCUT2D eigenvalue weighted by molar-refractivity contribution is -0.274. The summed E-state index contributed by atoms with van der Waals surface area (Å²) >= 11 is 0. The van der Waals surface area contributed by atoms with Gasteiger partial charge in [-0.2, -0.15) is 0 Å². The van der Waals surface area contributed by atoms with Gasteiger partial charge in [0.05, 0.1) is 0 Å². The smallest absolute Gasteiger partial charge is 0.406 e. The highest BCUT2D eigenvalue weighted by Crippen LogP contribution is 2.27. The summed E-state index contributed by atoms with van der Waals surface area (Å²) in [5.41, 5.74) is 8.75. The maximum absolute atomic E-state index is 12.0. The van der Waals surface area contributed by atoms with Crippen molar-refractivity contribution in [2.24, 2.45) is 0 Å². The summed E-state index contributed by atoms with van der Waals surface area (Å²) in [5, 5.41) is 3.09. The van der Waals surface area contributed by atoms with E-state index in [2.05, 4.69) is 10.1 Å². The van der Waals surface area contributed by atoms with Crippen LogP contribution in [0.5, 0.6) is 5.75 Å². The lowest BCUT2D eigenvalue weighted by atomic mass is 10.1. The van der Waals surface area contributed by atoms with Crippen molar-refractivity contribution >= 4 is 17.1 Å². The van der Waals surface area contributed by atoms with Gasteiger partial charge in [0.15, 0.2) is 0 Å². The third-order valence-electron chi connectivity index (χ3n) is 2.74. The second kappa shape index (κ2) is 5.32. The Morgan fingerprint density at radius 2 is 1.70 bits per heavy atom. The van der Waals surface area contributed by atoms with Gasteiger partial charge >= 0.3 is 6.36 Å². The van der Waals surface area contributed by atoms with Crippen LogP contribution in [0, 0.1) is 6.92 Å². The average Bonchev–Trinajstić information content (AvgIpc) is 2.35. The van der Waals surface area contributed by atoms with E-state index in [-0.39, 0.29) is 5.75 Å². The Hall–Kier alpha value is -2.37. The highest BCUT2D eigenvalue weighted by molar-refractivity contribution is 5.69. The van der Waals surface area contributed by atoms with E-state index in [0.717, 1.165) is 11.3 Å². The third kappa shape index (κ3) is 3.57. The van der Waals surface area contributed by atoms with Crippen molar-refractivity contribution in [1.82, 2.24) is 0 Å². The molecule has 2 aromatic carbocycles. The zero-order valence-corrected chi connectivity index (χ0v) is 10.7. The van der Waals surface area contributed by atoms with E-state index in [4.69, 9.17) is 5.73 Å². The van der Waals surface area contributed by atoms with Crippen molar-refractivity contribution in [3.05, 3.63) is 48.0 Å². The highest BCUT2D eigenvalue weighted by Gasteiger charge is 2.30. The van der Waals surface area contributed by atoms with Crippen LogP contribution in [0.4, 0.5) is 30.2 Å². The lowest BCUT2D eigenvalue weighted by Crippen LogP contribution is -2.16. The standard InChI is InChI=1S/C14H13F3N2O/c1-9-12(18)3-2-4-13(9)19-10-5-7-11(8-6-10)20-14(15,16)17/h2-8,19H,18H2,1H3. The Morgan fingerprint density at radius 1 is 1.05 bits per heavy atom. The van der Waals surface area contributed by atoms with Gasteiger partial charge in [-0.1, -0.05) is 6.07 Å². The van der Waals surface area contributed by atoms with E-state index >= 15 is 0 Å². The summed E-state index contributed by atoms with van der Waals surface area (Å²) in [4.78, 5) is 0. The number of rotatable bonds is 3. The maximum atomic E-state index is 12.0. The first-order valence-electron chi connectivity index (χ1n) is 5.83. The van der Waals surface area contributed by atoms with E-state index < -0.39 is 6.36 Å². The van der Waals surface area contributed by atoms with Crippen molar-refractivity contribution in [1.29, 1.82) is 0 Å². The van der Waals surface area contributed by atoms with Gasteiger partial charge in [0.1, 0.15) is 5.75 Å². The first-order valence-corrected chi connectivity index (χ1v) is 5.83. The molecule has 20 heavy (non-hydrogen) atoms. The van der Waals surface area contributed by atoms with Crippen molar-refractivity contribution in [2.75, 3.05) is 11.1 Å². The fraction of sp³-hybridized carbons (Fsp3) is 0.143. The van der Waals surface area contributed by atoms with Crippen LogP contribution in [0.15, 0.2) is 42.5 Å². The van der Waals surface area contributed by atoms with E-state index in [9.17, 15) is 13.2 Å². The fourth-order valence-electron chi connectivity index (χ4n) is 1.68. The molecule has 0 saturated carbocycles. The van der Waals surface area contributed by atoms with Crippen LogP contribution in [-0.2, 0) is 0 Å². The second-order valence-electron chi connectivity index (χ2n) is 4.22. The number of anilines is 3. The minimum absolute atomic E-state index is 0.257. The zero-order valence-electron chi connectivity index (χ0n) is 10.7. The first-order chi connectivity index (χ1) is 9.35. The largest absolute Gasteiger partial charge is 0.573 e. The van der Waals surface area contributed by atoms with E-state index in [0.29, 0.717) is 11.4 Å². The number of nitrogens with two attached hydrogens (primary N) is 1. The lowest BCUT2D eigenvalue weighted by Gasteiger charge is -2.12. The van der Waals surface area contributed by atoms with Crippen molar-refractivity contribution in [2.45, 2.75) is 13.3 Å². The van der Waals surface area contributed by atoms with Crippen LogP contribution in [-0.4, -0.2) is 6.36 Å². The maximum Gasteiger partial charge on any atom is 0.573 e. The summed E-state index contributed by atoms with van der Waals surface area (Å²) in [7, 11) is 0. The number of alkyl halides is 3. The van der Waals surface area contributed by atoms with Crippen LogP contribution in [0.2, 0.25) is 0 Å². The summed E-state index contributed by atoms with van der Waals surface area (Å²) in [5.74, 6) is -0.257. The average molecular weight is 282 g/mol. The Bertz CT molecular complexity index is 594. The molecule has 0 amide bonds. The van der Waals surface area contributed by atoms with Gasteiger partial charge in [0.25, 0.3) is 0 Å². The van der Waals surface area contributed by atoms with Crippen molar-refractivity contribution < 1.29 is 17.9 Å². The van der Waals surface area contributed by atoms with Gasteiger partial charge in [-0.15, -0.1) is 13.2 Å². The summed E-state index contributed by atoms with van der Waals surface area (Å²) < 4.78 is 39.9. The minimum atomic E-state index is -4.68. The quantitative estimate of drug-likeness (QED) is 0.829. The summed E-state index contributed by atoms with van der Waals surface area (Å²) in [6.07, 6.45) is -4.68. The zero-order chi connectivity index (χ0) is 14.8. The molecule has 2 aromatic rings. The minimum Gasteiger partial charge on any atom is -0.406 e.